The van der Waals surface area contributed by atoms with Gasteiger partial charge in [0.15, 0.2) is 12.4 Å². The molecule has 10 heteroatoms. The molecule has 0 saturated carbocycles. The molecule has 0 radical (unpaired) electrons. The molecule has 0 aliphatic carbocycles. The van der Waals surface area contributed by atoms with Crippen LogP contribution in [0.4, 0.5) is 0 Å². The van der Waals surface area contributed by atoms with Crippen molar-refractivity contribution in [3.05, 3.63) is 30.9 Å². The molecule has 2 aromatic heterocycles. The fourth-order valence-electron chi connectivity index (χ4n) is 1.98. The molecule has 0 aromatic carbocycles. The lowest BCUT2D eigenvalue weighted by molar-refractivity contribution is -0.685. The number of hydrogen-bond acceptors (Lipinski definition) is 7. The fraction of sp³-hybridized carbons (Fsp3) is 0.529. The highest BCUT2D eigenvalue weighted by Gasteiger charge is 2.21. The monoisotopic (exact) mass is 413 g/mol. The normalized spacial score (nSPS) is 12.1. The molecule has 27 heavy (non-hydrogen) atoms. The molecule has 0 saturated heterocycles. The van der Waals surface area contributed by atoms with Crippen molar-refractivity contribution >= 4 is 27.6 Å². The highest BCUT2D eigenvalue weighted by molar-refractivity contribution is 7.86. The van der Waals surface area contributed by atoms with Crippen molar-refractivity contribution in [2.24, 2.45) is 5.41 Å². The van der Waals surface area contributed by atoms with Gasteiger partial charge in [0.05, 0.1) is 12.4 Å². The predicted molar refractivity (Wildman–Crippen MR) is 102 cm³/mol. The Balaban J connectivity index is 1.84. The summed E-state index contributed by atoms with van der Waals surface area (Å²) < 4.78 is 34.6. The molecule has 8 nitrogen and oxygen atoms in total. The second kappa shape index (κ2) is 8.85. The van der Waals surface area contributed by atoms with Crippen LogP contribution in [-0.2, 0) is 25.6 Å². The van der Waals surface area contributed by atoms with E-state index in [0.717, 1.165) is 10.6 Å². The number of carbonyl (C=O) groups excluding carboxylic acids is 1. The summed E-state index contributed by atoms with van der Waals surface area (Å²) in [5, 5.41) is 0.811. The Morgan fingerprint density at radius 1 is 1.30 bits per heavy atom. The minimum Gasteiger partial charge on any atom is -0.339 e. The van der Waals surface area contributed by atoms with E-state index in [-0.39, 0.29) is 36.8 Å². The topological polar surface area (TPSA) is 93.3 Å². The molecule has 2 heterocycles. The Morgan fingerprint density at radius 3 is 2.52 bits per heavy atom. The van der Waals surface area contributed by atoms with Crippen LogP contribution in [0.5, 0.6) is 0 Å². The number of amides is 1. The smallest absolute Gasteiger partial charge is 0.288 e. The van der Waals surface area contributed by atoms with Crippen LogP contribution in [0, 0.1) is 5.41 Å². The third-order valence-corrected chi connectivity index (χ3v) is 5.46. The van der Waals surface area contributed by atoms with Crippen molar-refractivity contribution in [2.45, 2.75) is 27.3 Å². The van der Waals surface area contributed by atoms with Crippen molar-refractivity contribution < 1.29 is 22.0 Å². The first-order chi connectivity index (χ1) is 12.6. The Bertz CT molecular complexity index is 844. The van der Waals surface area contributed by atoms with Gasteiger partial charge >= 0.3 is 0 Å². The average Bonchev–Trinajstić information content (AvgIpc) is 3.13. The SMILES string of the molecule is CN(CCS(=O)(=O)OCC(C)(C)C)C(=O)C[n+]1ccc(-c2ncns2)cc1. The lowest BCUT2D eigenvalue weighted by atomic mass is 9.99. The summed E-state index contributed by atoms with van der Waals surface area (Å²) in [6, 6.07) is 3.72. The highest BCUT2D eigenvalue weighted by atomic mass is 32.2. The standard InChI is InChI=1S/C17H25N4O4S2/c1-17(2,3)12-25-27(23,24)10-9-20(4)15(22)11-21-7-5-14(6-8-21)16-18-13-19-26-16/h5-8,13H,9-12H2,1-4H3/q+1. The number of pyridine rings is 1. The largest absolute Gasteiger partial charge is 0.339 e. The molecule has 0 unspecified atom stereocenters. The summed E-state index contributed by atoms with van der Waals surface area (Å²) in [6.07, 6.45) is 5.07. The molecule has 2 rings (SSSR count). The van der Waals surface area contributed by atoms with E-state index in [1.807, 2.05) is 32.9 Å². The highest BCUT2D eigenvalue weighted by Crippen LogP contribution is 2.17. The molecule has 148 valence electrons. The van der Waals surface area contributed by atoms with Crippen molar-refractivity contribution in [3.8, 4) is 10.6 Å². The van der Waals surface area contributed by atoms with Crippen LogP contribution in [0.25, 0.3) is 10.6 Å². The number of hydrogen-bond donors (Lipinski definition) is 0. The maximum absolute atomic E-state index is 12.3. The maximum Gasteiger partial charge on any atom is 0.288 e. The van der Waals surface area contributed by atoms with Crippen LogP contribution >= 0.6 is 11.5 Å². The minimum atomic E-state index is -3.66. The molecular weight excluding hydrogens is 388 g/mol. The van der Waals surface area contributed by atoms with Crippen molar-refractivity contribution in [1.82, 2.24) is 14.3 Å². The van der Waals surface area contributed by atoms with E-state index >= 15 is 0 Å². The number of nitrogens with zero attached hydrogens (tertiary/aromatic N) is 4. The number of carbonyl (C=O) groups is 1. The Hall–Kier alpha value is -1.91. The van der Waals surface area contributed by atoms with Crippen LogP contribution in [0.1, 0.15) is 20.8 Å². The first kappa shape index (κ1) is 21.4. The molecule has 0 N–H and O–H groups in total. The zero-order chi connectivity index (χ0) is 20.1. The van der Waals surface area contributed by atoms with Gasteiger partial charge < -0.3 is 4.90 Å². The minimum absolute atomic E-state index is 0.0781. The molecule has 0 bridgehead atoms. The first-order valence-corrected chi connectivity index (χ1v) is 10.8. The molecule has 0 spiro atoms. The summed E-state index contributed by atoms with van der Waals surface area (Å²) in [6.45, 7) is 6.00. The Morgan fingerprint density at radius 2 is 1.96 bits per heavy atom. The van der Waals surface area contributed by atoms with Gasteiger partial charge in [-0.1, -0.05) is 20.8 Å². The molecule has 0 aliphatic rings. The summed E-state index contributed by atoms with van der Waals surface area (Å²) >= 11 is 1.30. The van der Waals surface area contributed by atoms with Crippen molar-refractivity contribution in [1.29, 1.82) is 0 Å². The lowest BCUT2D eigenvalue weighted by Crippen LogP contribution is -2.44. The van der Waals surface area contributed by atoms with E-state index in [2.05, 4.69) is 9.36 Å². The predicted octanol–water partition coefficient (Wildman–Crippen LogP) is 1.34. The molecule has 2 aromatic rings. The van der Waals surface area contributed by atoms with Crippen LogP contribution in [0.3, 0.4) is 0 Å². The van der Waals surface area contributed by atoms with Gasteiger partial charge in [-0.15, -0.1) is 0 Å². The van der Waals surface area contributed by atoms with E-state index in [0.29, 0.717) is 0 Å². The second-order valence-electron chi connectivity index (χ2n) is 7.41. The Labute approximate surface area is 164 Å². The van der Waals surface area contributed by atoms with Crippen molar-refractivity contribution in [2.75, 3.05) is 26.0 Å². The Kier molecular flexibility index (Phi) is 7.01. The summed E-state index contributed by atoms with van der Waals surface area (Å²) in [5.41, 5.74) is 0.684. The van der Waals surface area contributed by atoms with Gasteiger partial charge in [0.25, 0.3) is 16.0 Å². The molecule has 1 amide bonds. The fourth-order valence-corrected chi connectivity index (χ4v) is 3.66. The van der Waals surface area contributed by atoms with Gasteiger partial charge in [-0.25, -0.2) is 4.98 Å². The zero-order valence-electron chi connectivity index (χ0n) is 16.0. The van der Waals surface area contributed by atoms with E-state index < -0.39 is 10.1 Å². The number of rotatable bonds is 8. The quantitative estimate of drug-likeness (QED) is 0.479. The van der Waals surface area contributed by atoms with E-state index in [9.17, 15) is 13.2 Å². The maximum atomic E-state index is 12.3. The number of aromatic nitrogens is 3. The van der Waals surface area contributed by atoms with Gasteiger partial charge in [-0.2, -0.15) is 17.4 Å². The van der Waals surface area contributed by atoms with Gasteiger partial charge in [-0.05, 0) is 16.9 Å². The first-order valence-electron chi connectivity index (χ1n) is 8.43. The van der Waals surface area contributed by atoms with Gasteiger partial charge in [0.1, 0.15) is 11.3 Å². The third kappa shape index (κ3) is 7.31. The average molecular weight is 414 g/mol. The van der Waals surface area contributed by atoms with Gasteiger partial charge in [0, 0.05) is 31.3 Å². The van der Waals surface area contributed by atoms with Gasteiger partial charge in [0.2, 0.25) is 6.54 Å². The summed E-state index contributed by atoms with van der Waals surface area (Å²) in [7, 11) is -2.08. The third-order valence-electron chi connectivity index (χ3n) is 3.59. The molecular formula is C17H25N4O4S2+. The molecule has 0 fully saturated rings. The van der Waals surface area contributed by atoms with Crippen LogP contribution in [0.15, 0.2) is 30.9 Å². The van der Waals surface area contributed by atoms with Crippen LogP contribution < -0.4 is 4.57 Å². The zero-order valence-corrected chi connectivity index (χ0v) is 17.6. The number of likely N-dealkylation sites (N-methyl/N-ethyl adjacent to an activating group) is 1. The lowest BCUT2D eigenvalue weighted by Gasteiger charge is -2.19. The van der Waals surface area contributed by atoms with Gasteiger partial charge in [-0.3, -0.25) is 8.98 Å². The summed E-state index contributed by atoms with van der Waals surface area (Å²) in [4.78, 5) is 17.8. The van der Waals surface area contributed by atoms with E-state index in [1.165, 1.54) is 22.8 Å². The molecule has 0 aliphatic heterocycles. The second-order valence-corrected chi connectivity index (χ2v) is 9.94. The molecule has 0 atom stereocenters. The van der Waals surface area contributed by atoms with E-state index in [1.54, 1.807) is 24.0 Å². The van der Waals surface area contributed by atoms with Crippen LogP contribution in [0.2, 0.25) is 0 Å². The van der Waals surface area contributed by atoms with Crippen LogP contribution in [-0.4, -0.2) is 54.5 Å². The van der Waals surface area contributed by atoms with E-state index in [4.69, 9.17) is 4.18 Å². The summed E-state index contributed by atoms with van der Waals surface area (Å²) in [5.74, 6) is -0.416. The van der Waals surface area contributed by atoms with Crippen molar-refractivity contribution in [3.63, 3.8) is 0 Å².